The number of carboxylic acids is 1. The van der Waals surface area contributed by atoms with Crippen LogP contribution in [0.4, 0.5) is 0 Å². The number of carbonyl (C=O) groups is 2. The van der Waals surface area contributed by atoms with Crippen LogP contribution in [0.25, 0.3) is 6.08 Å². The predicted molar refractivity (Wildman–Crippen MR) is 80.8 cm³/mol. The summed E-state index contributed by atoms with van der Waals surface area (Å²) in [6.07, 6.45) is 3.30. The number of thiocarbonyl (C=S) groups is 1. The number of rotatable bonds is 4. The van der Waals surface area contributed by atoms with Crippen LogP contribution in [0.5, 0.6) is 0 Å². The van der Waals surface area contributed by atoms with Gasteiger partial charge in [-0.3, -0.25) is 9.69 Å². The molecule has 2 rings (SSSR count). The van der Waals surface area contributed by atoms with Gasteiger partial charge in [0.2, 0.25) is 0 Å². The van der Waals surface area contributed by atoms with Gasteiger partial charge in [0, 0.05) is 6.54 Å². The van der Waals surface area contributed by atoms with Crippen molar-refractivity contribution in [2.45, 2.75) is 0 Å². The smallest absolute Gasteiger partial charge is 0.266 e. The van der Waals surface area contributed by atoms with Crippen molar-refractivity contribution in [3.05, 3.63) is 53.0 Å². The lowest BCUT2D eigenvalue weighted by Crippen LogP contribution is -2.27. The molecule has 1 fully saturated rings. The van der Waals surface area contributed by atoms with Crippen LogP contribution in [0.2, 0.25) is 0 Å². The Labute approximate surface area is 125 Å². The van der Waals surface area contributed by atoms with E-state index >= 15 is 0 Å². The summed E-state index contributed by atoms with van der Waals surface area (Å²) in [6.45, 7) is 3.97. The van der Waals surface area contributed by atoms with E-state index in [2.05, 4.69) is 6.58 Å². The van der Waals surface area contributed by atoms with Gasteiger partial charge in [-0.1, -0.05) is 54.3 Å². The summed E-state index contributed by atoms with van der Waals surface area (Å²) < 4.78 is 0.493. The molecule has 4 nitrogen and oxygen atoms in total. The van der Waals surface area contributed by atoms with Gasteiger partial charge in [-0.2, -0.15) is 0 Å². The van der Waals surface area contributed by atoms with Gasteiger partial charge >= 0.3 is 0 Å². The summed E-state index contributed by atoms with van der Waals surface area (Å²) in [5.41, 5.74) is 0.829. The van der Waals surface area contributed by atoms with Gasteiger partial charge < -0.3 is 9.90 Å². The molecule has 20 heavy (non-hydrogen) atoms. The van der Waals surface area contributed by atoms with Crippen molar-refractivity contribution >= 4 is 46.3 Å². The van der Waals surface area contributed by atoms with Gasteiger partial charge in [-0.25, -0.2) is 0 Å². The molecule has 0 N–H and O–H groups in total. The van der Waals surface area contributed by atoms with Crippen LogP contribution in [0.1, 0.15) is 15.9 Å². The van der Waals surface area contributed by atoms with E-state index in [-0.39, 0.29) is 11.5 Å². The van der Waals surface area contributed by atoms with Crippen molar-refractivity contribution in [3.63, 3.8) is 0 Å². The molecule has 0 unspecified atom stereocenters. The van der Waals surface area contributed by atoms with Crippen LogP contribution >= 0.6 is 24.0 Å². The SMILES string of the molecule is C=CCN1C(=O)C(=Cc2ccc(C(=O)[O-])cc2)SC1=S. The summed E-state index contributed by atoms with van der Waals surface area (Å²) in [5.74, 6) is -1.39. The molecule has 102 valence electrons. The molecule has 1 heterocycles. The number of nitrogens with zero attached hydrogens (tertiary/aromatic N) is 1. The second-order valence-electron chi connectivity index (χ2n) is 3.99. The highest BCUT2D eigenvalue weighted by atomic mass is 32.2. The van der Waals surface area contributed by atoms with E-state index in [1.165, 1.54) is 28.8 Å². The Kier molecular flexibility index (Phi) is 4.36. The Balaban J connectivity index is 2.23. The van der Waals surface area contributed by atoms with E-state index in [1.54, 1.807) is 24.3 Å². The molecule has 1 aliphatic rings. The molecule has 6 heteroatoms. The highest BCUT2D eigenvalue weighted by molar-refractivity contribution is 8.26. The van der Waals surface area contributed by atoms with Gasteiger partial charge in [-0.15, -0.1) is 6.58 Å². The minimum atomic E-state index is -1.23. The molecule has 0 aliphatic carbocycles. The van der Waals surface area contributed by atoms with E-state index < -0.39 is 5.97 Å². The second kappa shape index (κ2) is 6.02. The molecular formula is C14H10NO3S2-. The standard InChI is InChI=1S/C14H11NO3S2/c1-2-7-15-12(16)11(20-14(15)19)8-9-3-5-10(6-4-9)13(17)18/h2-6,8H,1,7H2,(H,17,18)/p-1. The Bertz CT molecular complexity index is 620. The number of hydrogen-bond donors (Lipinski definition) is 0. The van der Waals surface area contributed by atoms with Crippen LogP contribution < -0.4 is 5.11 Å². The fraction of sp³-hybridized carbons (Fsp3) is 0.0714. The molecule has 0 saturated carbocycles. The van der Waals surface area contributed by atoms with Gasteiger partial charge in [0.25, 0.3) is 5.91 Å². The average Bonchev–Trinajstić information content (AvgIpc) is 2.67. The third kappa shape index (κ3) is 2.97. The zero-order valence-electron chi connectivity index (χ0n) is 10.4. The minimum Gasteiger partial charge on any atom is -0.545 e. The van der Waals surface area contributed by atoms with Crippen molar-refractivity contribution in [2.24, 2.45) is 0 Å². The summed E-state index contributed by atoms with van der Waals surface area (Å²) >= 11 is 6.34. The van der Waals surface area contributed by atoms with E-state index in [9.17, 15) is 14.7 Å². The quantitative estimate of drug-likeness (QED) is 0.478. The van der Waals surface area contributed by atoms with Crippen LogP contribution in [0.3, 0.4) is 0 Å². The lowest BCUT2D eigenvalue weighted by molar-refractivity contribution is -0.255. The molecule has 1 aliphatic heterocycles. The molecule has 0 bridgehead atoms. The number of amides is 1. The van der Waals surface area contributed by atoms with E-state index in [1.807, 2.05) is 0 Å². The van der Waals surface area contributed by atoms with E-state index in [0.29, 0.717) is 15.8 Å². The van der Waals surface area contributed by atoms with Crippen LogP contribution in [0, 0.1) is 0 Å². The Morgan fingerprint density at radius 2 is 2.05 bits per heavy atom. The molecule has 0 spiro atoms. The molecule has 0 atom stereocenters. The first kappa shape index (κ1) is 14.5. The fourth-order valence-electron chi connectivity index (χ4n) is 1.65. The van der Waals surface area contributed by atoms with Crippen molar-refractivity contribution < 1.29 is 14.7 Å². The van der Waals surface area contributed by atoms with Gasteiger partial charge in [-0.05, 0) is 17.2 Å². The van der Waals surface area contributed by atoms with Crippen molar-refractivity contribution in [2.75, 3.05) is 6.54 Å². The number of carbonyl (C=O) groups excluding carboxylic acids is 2. The number of benzene rings is 1. The molecule has 0 radical (unpaired) electrons. The maximum Gasteiger partial charge on any atom is 0.266 e. The summed E-state index contributed by atoms with van der Waals surface area (Å²) in [6, 6.07) is 6.10. The van der Waals surface area contributed by atoms with Crippen LogP contribution in [-0.2, 0) is 4.79 Å². The zero-order valence-corrected chi connectivity index (χ0v) is 12.0. The molecule has 0 aromatic heterocycles. The highest BCUT2D eigenvalue weighted by Crippen LogP contribution is 2.32. The topological polar surface area (TPSA) is 60.4 Å². The Hall–Kier alpha value is -1.92. The Morgan fingerprint density at radius 1 is 1.40 bits per heavy atom. The average molecular weight is 304 g/mol. The molecule has 1 saturated heterocycles. The van der Waals surface area contributed by atoms with Crippen LogP contribution in [-0.4, -0.2) is 27.6 Å². The Morgan fingerprint density at radius 3 is 2.60 bits per heavy atom. The first-order chi connectivity index (χ1) is 9.52. The number of aromatic carboxylic acids is 1. The monoisotopic (exact) mass is 304 g/mol. The molecule has 1 aromatic carbocycles. The molecular weight excluding hydrogens is 294 g/mol. The number of hydrogen-bond acceptors (Lipinski definition) is 5. The predicted octanol–water partition coefficient (Wildman–Crippen LogP) is 1.44. The van der Waals surface area contributed by atoms with Crippen molar-refractivity contribution in [3.8, 4) is 0 Å². The number of carboxylic acid groups (broad SMARTS) is 1. The minimum absolute atomic E-state index is 0.0985. The largest absolute Gasteiger partial charge is 0.545 e. The van der Waals surface area contributed by atoms with E-state index in [4.69, 9.17) is 12.2 Å². The zero-order chi connectivity index (χ0) is 14.7. The molecule has 1 amide bonds. The lowest BCUT2D eigenvalue weighted by Gasteiger charge is -2.10. The maximum absolute atomic E-state index is 12.1. The highest BCUT2D eigenvalue weighted by Gasteiger charge is 2.30. The normalized spacial score (nSPS) is 16.8. The third-order valence-corrected chi connectivity index (χ3v) is 4.01. The molecule has 1 aromatic rings. The second-order valence-corrected chi connectivity index (χ2v) is 5.67. The first-order valence-electron chi connectivity index (χ1n) is 5.70. The van der Waals surface area contributed by atoms with Crippen molar-refractivity contribution in [1.29, 1.82) is 0 Å². The number of thioether (sulfide) groups is 1. The summed E-state index contributed by atoms with van der Waals surface area (Å²) in [7, 11) is 0. The third-order valence-electron chi connectivity index (χ3n) is 2.63. The summed E-state index contributed by atoms with van der Waals surface area (Å²) in [4.78, 5) is 24.7. The fourth-order valence-corrected chi connectivity index (χ4v) is 2.93. The van der Waals surface area contributed by atoms with Gasteiger partial charge in [0.1, 0.15) is 4.32 Å². The summed E-state index contributed by atoms with van der Waals surface area (Å²) in [5, 5.41) is 10.6. The first-order valence-corrected chi connectivity index (χ1v) is 6.93. The van der Waals surface area contributed by atoms with Crippen molar-refractivity contribution in [1.82, 2.24) is 4.90 Å². The lowest BCUT2D eigenvalue weighted by atomic mass is 10.1. The van der Waals surface area contributed by atoms with E-state index in [0.717, 1.165) is 5.56 Å². The van der Waals surface area contributed by atoms with Crippen LogP contribution in [0.15, 0.2) is 41.8 Å². The maximum atomic E-state index is 12.1. The van der Waals surface area contributed by atoms with Gasteiger partial charge in [0.05, 0.1) is 10.9 Å². The van der Waals surface area contributed by atoms with Gasteiger partial charge in [0.15, 0.2) is 0 Å².